The molecular formula is C26H28F2N2O5. The standard InChI is InChI=1S/C26H28F2N2O5/c1-3-25(2,23(33)30-15-26(27,28)12-21(30)22(31)32)14-29-24(34)35-13-20-18-10-6-4-8-16(18)17-9-5-7-11-19(17)20/h4-11,20-21H,3,12-15H2,1-2H3,(H,29,34)(H,31,32). The maximum absolute atomic E-state index is 13.9. The number of alkyl halides is 2. The Kier molecular flexibility index (Phi) is 6.53. The fraction of sp³-hybridized carbons (Fsp3) is 0.423. The van der Waals surface area contributed by atoms with Gasteiger partial charge in [0.05, 0.1) is 12.0 Å². The lowest BCUT2D eigenvalue weighted by Crippen LogP contribution is -2.51. The van der Waals surface area contributed by atoms with Crippen LogP contribution in [-0.4, -0.2) is 59.6 Å². The van der Waals surface area contributed by atoms with Gasteiger partial charge in [-0.3, -0.25) is 4.79 Å². The molecule has 0 bridgehead atoms. The van der Waals surface area contributed by atoms with Gasteiger partial charge in [-0.25, -0.2) is 18.4 Å². The molecule has 1 saturated heterocycles. The Morgan fingerprint density at radius 3 is 2.23 bits per heavy atom. The van der Waals surface area contributed by atoms with Crippen molar-refractivity contribution in [3.05, 3.63) is 59.7 Å². The fourth-order valence-corrected chi connectivity index (χ4v) is 4.87. The van der Waals surface area contributed by atoms with E-state index >= 15 is 0 Å². The number of carbonyl (C=O) groups is 3. The topological polar surface area (TPSA) is 95.9 Å². The van der Waals surface area contributed by atoms with Gasteiger partial charge in [-0.1, -0.05) is 55.5 Å². The number of carbonyl (C=O) groups excluding carboxylic acids is 2. The summed E-state index contributed by atoms with van der Waals surface area (Å²) in [5, 5.41) is 11.9. The van der Waals surface area contributed by atoms with Crippen molar-refractivity contribution in [2.24, 2.45) is 5.41 Å². The molecule has 1 fully saturated rings. The second kappa shape index (κ2) is 9.28. The van der Waals surface area contributed by atoms with Gasteiger partial charge in [-0.2, -0.15) is 0 Å². The molecule has 2 aromatic rings. The molecule has 7 nitrogen and oxygen atoms in total. The van der Waals surface area contributed by atoms with Crippen LogP contribution in [0, 0.1) is 5.41 Å². The second-order valence-electron chi connectivity index (χ2n) is 9.44. The van der Waals surface area contributed by atoms with E-state index in [0.29, 0.717) is 4.90 Å². The Labute approximate surface area is 202 Å². The molecule has 2 aliphatic rings. The number of aliphatic carboxylic acids is 1. The van der Waals surface area contributed by atoms with Gasteiger partial charge in [0.25, 0.3) is 5.92 Å². The molecule has 186 valence electrons. The van der Waals surface area contributed by atoms with Crippen LogP contribution in [-0.2, 0) is 14.3 Å². The number of benzene rings is 2. The van der Waals surface area contributed by atoms with Crippen LogP contribution >= 0.6 is 0 Å². The van der Waals surface area contributed by atoms with E-state index < -0.39 is 48.3 Å². The molecule has 2 N–H and O–H groups in total. The largest absolute Gasteiger partial charge is 0.480 e. The van der Waals surface area contributed by atoms with Crippen LogP contribution in [0.3, 0.4) is 0 Å². The first-order valence-corrected chi connectivity index (χ1v) is 11.6. The Balaban J connectivity index is 1.40. The Morgan fingerprint density at radius 1 is 1.11 bits per heavy atom. The minimum absolute atomic E-state index is 0.0933. The molecule has 0 aromatic heterocycles. The number of hydrogen-bond donors (Lipinski definition) is 2. The van der Waals surface area contributed by atoms with Gasteiger partial charge in [0.2, 0.25) is 5.91 Å². The highest BCUT2D eigenvalue weighted by atomic mass is 19.3. The average Bonchev–Trinajstić information content (AvgIpc) is 3.35. The van der Waals surface area contributed by atoms with Crippen LogP contribution in [0.25, 0.3) is 11.1 Å². The van der Waals surface area contributed by atoms with Gasteiger partial charge in [0, 0.05) is 18.9 Å². The average molecular weight is 487 g/mol. The van der Waals surface area contributed by atoms with E-state index in [1.165, 1.54) is 6.92 Å². The number of carboxylic acids is 1. The van der Waals surface area contributed by atoms with Crippen molar-refractivity contribution in [2.45, 2.75) is 44.6 Å². The minimum Gasteiger partial charge on any atom is -0.480 e. The van der Waals surface area contributed by atoms with E-state index in [0.717, 1.165) is 22.3 Å². The summed E-state index contributed by atoms with van der Waals surface area (Å²) in [7, 11) is 0. The van der Waals surface area contributed by atoms with Crippen molar-refractivity contribution in [1.29, 1.82) is 0 Å². The van der Waals surface area contributed by atoms with Gasteiger partial charge in [-0.15, -0.1) is 0 Å². The second-order valence-corrected chi connectivity index (χ2v) is 9.44. The van der Waals surface area contributed by atoms with Crippen LogP contribution in [0.1, 0.15) is 43.7 Å². The number of carboxylic acid groups (broad SMARTS) is 1. The zero-order chi connectivity index (χ0) is 25.4. The number of alkyl carbamates (subject to hydrolysis) is 1. The third kappa shape index (κ3) is 4.72. The molecule has 4 rings (SSSR count). The summed E-state index contributed by atoms with van der Waals surface area (Å²) in [4.78, 5) is 37.8. The Hall–Kier alpha value is -3.49. The first kappa shape index (κ1) is 24.6. The van der Waals surface area contributed by atoms with Gasteiger partial charge in [0.15, 0.2) is 0 Å². The van der Waals surface area contributed by atoms with Crippen LogP contribution in [0.15, 0.2) is 48.5 Å². The third-order valence-electron chi connectivity index (χ3n) is 7.08. The number of likely N-dealkylation sites (tertiary alicyclic amines) is 1. The predicted molar refractivity (Wildman–Crippen MR) is 124 cm³/mol. The van der Waals surface area contributed by atoms with Crippen LogP contribution < -0.4 is 5.32 Å². The van der Waals surface area contributed by atoms with Crippen LogP contribution in [0.2, 0.25) is 0 Å². The summed E-state index contributed by atoms with van der Waals surface area (Å²) in [6, 6.07) is 14.2. The summed E-state index contributed by atoms with van der Waals surface area (Å²) in [5.41, 5.74) is 3.04. The lowest BCUT2D eigenvalue weighted by Gasteiger charge is -2.33. The highest BCUT2D eigenvalue weighted by Crippen LogP contribution is 2.44. The van der Waals surface area contributed by atoms with Crippen molar-refractivity contribution >= 4 is 18.0 Å². The normalized spacial score (nSPS) is 20.0. The monoisotopic (exact) mass is 486 g/mol. The molecule has 1 aliphatic carbocycles. The maximum atomic E-state index is 13.9. The fourth-order valence-electron chi connectivity index (χ4n) is 4.87. The molecule has 0 spiro atoms. The smallest absolute Gasteiger partial charge is 0.407 e. The van der Waals surface area contributed by atoms with Gasteiger partial charge in [0.1, 0.15) is 12.6 Å². The molecule has 0 radical (unpaired) electrons. The molecule has 2 amide bonds. The number of ether oxygens (including phenoxy) is 1. The van der Waals surface area contributed by atoms with Gasteiger partial charge >= 0.3 is 12.1 Å². The van der Waals surface area contributed by atoms with Crippen LogP contribution in [0.5, 0.6) is 0 Å². The van der Waals surface area contributed by atoms with Crippen molar-refractivity contribution in [1.82, 2.24) is 10.2 Å². The number of hydrogen-bond acceptors (Lipinski definition) is 4. The first-order valence-electron chi connectivity index (χ1n) is 11.6. The predicted octanol–water partition coefficient (Wildman–Crippen LogP) is 4.26. The van der Waals surface area contributed by atoms with Crippen molar-refractivity contribution < 1.29 is 33.0 Å². The van der Waals surface area contributed by atoms with E-state index in [1.807, 2.05) is 48.5 Å². The summed E-state index contributed by atoms with van der Waals surface area (Å²) < 4.78 is 33.3. The van der Waals surface area contributed by atoms with Crippen LogP contribution in [0.4, 0.5) is 13.6 Å². The molecule has 9 heteroatoms. The lowest BCUT2D eigenvalue weighted by atomic mass is 9.85. The highest BCUT2D eigenvalue weighted by molar-refractivity contribution is 5.88. The van der Waals surface area contributed by atoms with E-state index in [1.54, 1.807) is 6.92 Å². The zero-order valence-electron chi connectivity index (χ0n) is 19.6. The highest BCUT2D eigenvalue weighted by Gasteiger charge is 2.53. The van der Waals surface area contributed by atoms with E-state index in [9.17, 15) is 28.3 Å². The summed E-state index contributed by atoms with van der Waals surface area (Å²) in [6.45, 7) is 2.17. The van der Waals surface area contributed by atoms with Gasteiger partial charge < -0.3 is 20.1 Å². The number of fused-ring (bicyclic) bond motifs is 3. The molecule has 1 aliphatic heterocycles. The number of amides is 2. The van der Waals surface area contributed by atoms with E-state index in [4.69, 9.17) is 4.74 Å². The summed E-state index contributed by atoms with van der Waals surface area (Å²) in [5.74, 6) is -5.61. The Bertz CT molecular complexity index is 1110. The van der Waals surface area contributed by atoms with E-state index in [-0.39, 0.29) is 25.5 Å². The lowest BCUT2D eigenvalue weighted by molar-refractivity contribution is -0.152. The van der Waals surface area contributed by atoms with Crippen molar-refractivity contribution in [3.63, 3.8) is 0 Å². The van der Waals surface area contributed by atoms with Crippen molar-refractivity contribution in [2.75, 3.05) is 19.7 Å². The number of halogens is 2. The zero-order valence-corrected chi connectivity index (χ0v) is 19.6. The quantitative estimate of drug-likeness (QED) is 0.610. The van der Waals surface area contributed by atoms with E-state index in [2.05, 4.69) is 5.32 Å². The molecule has 0 saturated carbocycles. The summed E-state index contributed by atoms with van der Waals surface area (Å²) in [6.07, 6.45) is -1.45. The molecule has 2 aromatic carbocycles. The summed E-state index contributed by atoms with van der Waals surface area (Å²) >= 11 is 0. The molecular weight excluding hydrogens is 458 g/mol. The third-order valence-corrected chi connectivity index (χ3v) is 7.08. The SMILES string of the molecule is CCC(C)(CNC(=O)OCC1c2ccccc2-c2ccccc21)C(=O)N1CC(F)(F)CC1C(=O)O. The maximum Gasteiger partial charge on any atom is 0.407 e. The number of nitrogens with one attached hydrogen (secondary N) is 1. The number of nitrogens with zero attached hydrogens (tertiary/aromatic N) is 1. The minimum atomic E-state index is -3.27. The number of rotatable bonds is 7. The first-order chi connectivity index (χ1) is 16.6. The molecule has 35 heavy (non-hydrogen) atoms. The van der Waals surface area contributed by atoms with Crippen molar-refractivity contribution in [3.8, 4) is 11.1 Å². The molecule has 1 heterocycles. The molecule has 2 atom stereocenters. The molecule has 2 unspecified atom stereocenters. The Morgan fingerprint density at radius 2 is 1.69 bits per heavy atom. The van der Waals surface area contributed by atoms with Gasteiger partial charge in [-0.05, 0) is 35.6 Å².